The normalized spacial score (nSPS) is 14.4. The molecule has 4 rings (SSSR count). The second kappa shape index (κ2) is 15.2. The van der Waals surface area contributed by atoms with Crippen molar-refractivity contribution in [2.24, 2.45) is 4.99 Å². The number of allylic oxidation sites excluding steroid dienone is 1. The van der Waals surface area contributed by atoms with E-state index in [-0.39, 0.29) is 36.7 Å². The van der Waals surface area contributed by atoms with Gasteiger partial charge in [0.15, 0.2) is 29.5 Å². The minimum absolute atomic E-state index is 0.126. The fourth-order valence-electron chi connectivity index (χ4n) is 4.47. The number of ether oxygens (including phenoxy) is 5. The fourth-order valence-corrected chi connectivity index (χ4v) is 7.65. The summed E-state index contributed by atoms with van der Waals surface area (Å²) in [6.07, 6.45) is 1.71. The van der Waals surface area contributed by atoms with E-state index < -0.39 is 30.6 Å². The molecule has 0 spiro atoms. The number of aromatic nitrogens is 1. The van der Waals surface area contributed by atoms with E-state index in [2.05, 4.69) is 54.9 Å². The highest BCUT2D eigenvalue weighted by atomic mass is 127. The first kappa shape index (κ1) is 34.4. The van der Waals surface area contributed by atoms with Crippen LogP contribution >= 0.6 is 56.5 Å². The van der Waals surface area contributed by atoms with Gasteiger partial charge in [0.1, 0.15) is 5.75 Å². The van der Waals surface area contributed by atoms with Gasteiger partial charge in [-0.2, -0.15) is 0 Å². The highest BCUT2D eigenvalue weighted by molar-refractivity contribution is 14.1. The number of carbonyl (C=O) groups is 3. The predicted octanol–water partition coefficient (Wildman–Crippen LogP) is 3.42. The quantitative estimate of drug-likeness (QED) is 0.212. The Morgan fingerprint density at radius 1 is 1.02 bits per heavy atom. The first-order valence-corrected chi connectivity index (χ1v) is 16.5. The molecule has 0 saturated heterocycles. The van der Waals surface area contributed by atoms with Gasteiger partial charge in [-0.25, -0.2) is 19.4 Å². The molecule has 1 aliphatic heterocycles. The maximum atomic E-state index is 14.0. The molecular weight excluding hydrogens is 834 g/mol. The van der Waals surface area contributed by atoms with E-state index in [9.17, 15) is 19.2 Å². The Balaban J connectivity index is 1.87. The van der Waals surface area contributed by atoms with Gasteiger partial charge >= 0.3 is 17.9 Å². The number of esters is 2. The van der Waals surface area contributed by atoms with Crippen molar-refractivity contribution in [1.29, 1.82) is 0 Å². The zero-order valence-electron chi connectivity index (χ0n) is 24.5. The van der Waals surface area contributed by atoms with E-state index in [4.69, 9.17) is 24.1 Å². The first-order valence-electron chi connectivity index (χ1n) is 13.5. The molecule has 0 fully saturated rings. The van der Waals surface area contributed by atoms with Crippen molar-refractivity contribution in [2.75, 3.05) is 33.5 Å². The van der Waals surface area contributed by atoms with Crippen molar-refractivity contribution in [3.05, 3.63) is 79.6 Å². The Bertz CT molecular complexity index is 1840. The zero-order chi connectivity index (χ0) is 32.8. The molecule has 0 unspecified atom stereocenters. The number of rotatable bonds is 12. The molecule has 2 heterocycles. The van der Waals surface area contributed by atoms with Crippen LogP contribution in [-0.2, 0) is 23.9 Å². The van der Waals surface area contributed by atoms with Gasteiger partial charge in [-0.15, -0.1) is 0 Å². The molecule has 1 N–H and O–H groups in total. The van der Waals surface area contributed by atoms with Gasteiger partial charge in [-0.05, 0) is 107 Å². The van der Waals surface area contributed by atoms with Crippen LogP contribution in [0, 0.1) is 7.14 Å². The fraction of sp³-hybridized carbons (Fsp3) is 0.300. The third kappa shape index (κ3) is 7.86. The molecule has 1 aliphatic rings. The highest BCUT2D eigenvalue weighted by Gasteiger charge is 2.34. The van der Waals surface area contributed by atoms with Crippen molar-refractivity contribution in [3.8, 4) is 17.2 Å². The molecule has 0 aliphatic carbocycles. The maximum Gasteiger partial charge on any atom is 0.343 e. The summed E-state index contributed by atoms with van der Waals surface area (Å²) in [5.41, 5.74) is 1.46. The van der Waals surface area contributed by atoms with Crippen molar-refractivity contribution in [2.45, 2.75) is 26.8 Å². The number of thiazole rings is 1. The van der Waals surface area contributed by atoms with Crippen LogP contribution in [0.1, 0.15) is 37.9 Å². The van der Waals surface area contributed by atoms with Crippen molar-refractivity contribution >= 4 is 80.5 Å². The number of hydrogen-bond donors (Lipinski definition) is 1. The lowest BCUT2D eigenvalue weighted by Gasteiger charge is -2.25. The average molecular weight is 862 g/mol. The van der Waals surface area contributed by atoms with Gasteiger partial charge in [0, 0.05) is 0 Å². The van der Waals surface area contributed by atoms with Crippen molar-refractivity contribution < 1.29 is 43.2 Å². The van der Waals surface area contributed by atoms with Crippen molar-refractivity contribution in [3.63, 3.8) is 0 Å². The summed E-state index contributed by atoms with van der Waals surface area (Å²) in [6.45, 7) is 4.78. The molecule has 0 radical (unpaired) electrons. The van der Waals surface area contributed by atoms with Gasteiger partial charge < -0.3 is 28.8 Å². The second-order valence-corrected chi connectivity index (χ2v) is 12.6. The average Bonchev–Trinajstić information content (AvgIpc) is 3.28. The predicted molar refractivity (Wildman–Crippen MR) is 181 cm³/mol. The van der Waals surface area contributed by atoms with E-state index >= 15 is 0 Å². The lowest BCUT2D eigenvalue weighted by atomic mass is 9.95. The largest absolute Gasteiger partial charge is 0.490 e. The Kier molecular flexibility index (Phi) is 11.6. The number of benzene rings is 2. The Morgan fingerprint density at radius 2 is 1.73 bits per heavy atom. The minimum atomic E-state index is -1.09. The number of fused-ring (bicyclic) bond motifs is 1. The maximum absolute atomic E-state index is 14.0. The molecular formula is C30H28I2N2O10S. The van der Waals surface area contributed by atoms with Gasteiger partial charge in [0.05, 0.1) is 49.3 Å². The van der Waals surface area contributed by atoms with E-state index in [1.807, 2.05) is 0 Å². The third-order valence-corrected chi connectivity index (χ3v) is 8.92. The van der Waals surface area contributed by atoms with Crippen LogP contribution < -0.4 is 29.1 Å². The van der Waals surface area contributed by atoms with Crippen LogP contribution in [0.5, 0.6) is 17.2 Å². The van der Waals surface area contributed by atoms with Crippen LogP contribution in [0.3, 0.4) is 0 Å². The summed E-state index contributed by atoms with van der Waals surface area (Å²) in [5.74, 6) is -1.22. The summed E-state index contributed by atoms with van der Waals surface area (Å²) < 4.78 is 30.0. The van der Waals surface area contributed by atoms with E-state index in [1.165, 1.54) is 23.0 Å². The minimum Gasteiger partial charge on any atom is -0.490 e. The van der Waals surface area contributed by atoms with Gasteiger partial charge in [-0.1, -0.05) is 17.4 Å². The van der Waals surface area contributed by atoms with Crippen LogP contribution in [0.15, 0.2) is 51.4 Å². The summed E-state index contributed by atoms with van der Waals surface area (Å²) >= 11 is 5.28. The van der Waals surface area contributed by atoms with E-state index in [1.54, 1.807) is 57.2 Å². The lowest BCUT2D eigenvalue weighted by molar-refractivity contribution is -0.143. The second-order valence-electron chi connectivity index (χ2n) is 9.30. The molecule has 15 heteroatoms. The summed E-state index contributed by atoms with van der Waals surface area (Å²) in [4.78, 5) is 55.0. The number of carboxylic acids is 1. The highest BCUT2D eigenvalue weighted by Crippen LogP contribution is 2.36. The molecule has 238 valence electrons. The topological polar surface area (TPSA) is 152 Å². The first-order chi connectivity index (χ1) is 21.5. The number of methoxy groups -OCH3 is 1. The number of aliphatic carboxylic acids is 1. The van der Waals surface area contributed by atoms with Gasteiger partial charge in [0.25, 0.3) is 5.56 Å². The van der Waals surface area contributed by atoms with Crippen LogP contribution in [-0.4, -0.2) is 61.1 Å². The SMILES string of the molecule is CCOC(=O)C1=C(C)N=c2s/c(=C\c3cc(I)c(OCC(=O)O)c(I)c3)c(=O)n2[C@H]1c1ccc(OCC(=O)OC)c(OCC)c1. The van der Waals surface area contributed by atoms with E-state index in [0.717, 1.165) is 0 Å². The number of halogens is 2. The molecule has 2 aromatic carbocycles. The summed E-state index contributed by atoms with van der Waals surface area (Å²) in [6, 6.07) is 7.63. The van der Waals surface area contributed by atoms with Crippen LogP contribution in [0.25, 0.3) is 6.08 Å². The van der Waals surface area contributed by atoms with Gasteiger partial charge in [0.2, 0.25) is 0 Å². The molecule has 0 amide bonds. The molecule has 0 bridgehead atoms. The number of hydrogen-bond acceptors (Lipinski definition) is 11. The summed E-state index contributed by atoms with van der Waals surface area (Å²) in [7, 11) is 1.26. The smallest absolute Gasteiger partial charge is 0.343 e. The molecule has 3 aromatic rings. The molecule has 1 atom stereocenters. The molecule has 12 nitrogen and oxygen atoms in total. The van der Waals surface area contributed by atoms with Crippen LogP contribution in [0.4, 0.5) is 0 Å². The third-order valence-electron chi connectivity index (χ3n) is 6.33. The Hall–Kier alpha value is -3.45. The Morgan fingerprint density at radius 3 is 2.36 bits per heavy atom. The Labute approximate surface area is 288 Å². The molecule has 0 saturated carbocycles. The monoisotopic (exact) mass is 862 g/mol. The lowest BCUT2D eigenvalue weighted by Crippen LogP contribution is -2.40. The summed E-state index contributed by atoms with van der Waals surface area (Å²) in [5, 5.41) is 8.99. The number of carboxylic acid groups (broad SMARTS) is 1. The van der Waals surface area contributed by atoms with Gasteiger partial charge in [-0.3, -0.25) is 9.36 Å². The van der Waals surface area contributed by atoms with E-state index in [0.29, 0.717) is 44.8 Å². The molecule has 1 aromatic heterocycles. The number of carbonyl (C=O) groups excluding carboxylic acids is 2. The van der Waals surface area contributed by atoms with Crippen molar-refractivity contribution in [1.82, 2.24) is 4.57 Å². The van der Waals surface area contributed by atoms with Crippen LogP contribution in [0.2, 0.25) is 0 Å². The zero-order valence-corrected chi connectivity index (χ0v) is 29.7. The standard InChI is InChI=1S/C30H28I2N2O10S/c1-5-41-21-12-17(7-8-20(21)43-14-24(37)40-4)26-25(29(39)42-6-2)15(3)33-30-34(26)28(38)22(45-30)11-16-9-18(31)27(19(32)10-16)44-13-23(35)36/h7-12,26H,5-6,13-14H2,1-4H3,(H,35,36)/b22-11-/t26-/m0/s1. The molecule has 45 heavy (non-hydrogen) atoms. The number of nitrogens with zero attached hydrogens (tertiary/aromatic N) is 2.